The molecule has 0 fully saturated rings. The van der Waals surface area contributed by atoms with Gasteiger partial charge >= 0.3 is 0 Å². The van der Waals surface area contributed by atoms with Crippen molar-refractivity contribution < 1.29 is 14.3 Å². The van der Waals surface area contributed by atoms with Gasteiger partial charge in [0.05, 0.1) is 0 Å². The number of nitrogens with one attached hydrogen (secondary N) is 2. The molecule has 1 aliphatic heterocycles. The Morgan fingerprint density at radius 1 is 1.16 bits per heavy atom. The summed E-state index contributed by atoms with van der Waals surface area (Å²) >= 11 is 1.36. The van der Waals surface area contributed by atoms with E-state index in [-0.39, 0.29) is 12.7 Å². The molecule has 4 rings (SSSR count). The number of hydrogen-bond acceptors (Lipinski definition) is 7. The van der Waals surface area contributed by atoms with Crippen LogP contribution >= 0.6 is 11.3 Å². The van der Waals surface area contributed by atoms with Crippen LogP contribution in [0.4, 0.5) is 10.8 Å². The Kier molecular flexibility index (Phi) is 4.17. The highest BCUT2D eigenvalue weighted by molar-refractivity contribution is 7.14. The normalized spacial score (nSPS) is 12.0. The molecule has 8 heteroatoms. The zero-order valence-corrected chi connectivity index (χ0v) is 13.9. The molecule has 1 amide bonds. The van der Waals surface area contributed by atoms with E-state index >= 15 is 0 Å². The Balaban J connectivity index is 1.39. The number of carbonyl (C=O) groups is 1. The second kappa shape index (κ2) is 6.78. The van der Waals surface area contributed by atoms with Crippen molar-refractivity contribution in [2.45, 2.75) is 6.54 Å². The van der Waals surface area contributed by atoms with Gasteiger partial charge in [0, 0.05) is 36.1 Å². The molecule has 0 radical (unpaired) electrons. The number of thiazole rings is 1. The highest BCUT2D eigenvalue weighted by atomic mass is 32.1. The lowest BCUT2D eigenvalue weighted by molar-refractivity contribution is 0.0946. The number of nitrogens with zero attached hydrogens (tertiary/aromatic N) is 2. The van der Waals surface area contributed by atoms with Gasteiger partial charge in [-0.25, -0.2) is 4.98 Å². The molecule has 3 heterocycles. The molecule has 1 aliphatic rings. The molecule has 0 unspecified atom stereocenters. The Hall–Kier alpha value is -3.13. The van der Waals surface area contributed by atoms with Crippen LogP contribution in [0.25, 0.3) is 0 Å². The van der Waals surface area contributed by atoms with Crippen molar-refractivity contribution >= 4 is 28.1 Å². The smallest absolute Gasteiger partial charge is 0.271 e. The van der Waals surface area contributed by atoms with Crippen LogP contribution < -0.4 is 20.1 Å². The summed E-state index contributed by atoms with van der Waals surface area (Å²) in [6, 6.07) is 9.26. The summed E-state index contributed by atoms with van der Waals surface area (Å²) in [5, 5.41) is 8.36. The second-order valence-corrected chi connectivity index (χ2v) is 6.13. The van der Waals surface area contributed by atoms with Gasteiger partial charge in [0.15, 0.2) is 16.6 Å². The maximum absolute atomic E-state index is 12.2. The highest BCUT2D eigenvalue weighted by Gasteiger charge is 2.15. The standard InChI is InChI=1S/C17H14N4O3S/c22-16(19-8-11-3-5-18-6-4-11)13-9-25-17(21-13)20-12-1-2-14-15(7-12)24-10-23-14/h1-7,9H,8,10H2,(H,19,22)(H,20,21). The van der Waals surface area contributed by atoms with E-state index in [1.165, 1.54) is 11.3 Å². The van der Waals surface area contributed by atoms with Crippen LogP contribution in [0, 0.1) is 0 Å². The molecule has 3 aromatic rings. The van der Waals surface area contributed by atoms with Crippen LogP contribution in [-0.4, -0.2) is 22.7 Å². The number of rotatable bonds is 5. The molecule has 0 saturated carbocycles. The molecule has 126 valence electrons. The number of carbonyl (C=O) groups excluding carboxylic acids is 1. The zero-order chi connectivity index (χ0) is 17.1. The van der Waals surface area contributed by atoms with E-state index in [2.05, 4.69) is 20.6 Å². The largest absolute Gasteiger partial charge is 0.454 e. The first-order chi connectivity index (χ1) is 12.3. The molecule has 0 spiro atoms. The number of anilines is 2. The quantitative estimate of drug-likeness (QED) is 0.733. The van der Waals surface area contributed by atoms with Gasteiger partial charge < -0.3 is 20.1 Å². The predicted octanol–water partition coefficient (Wildman–Crippen LogP) is 2.94. The molecule has 25 heavy (non-hydrogen) atoms. The molecular weight excluding hydrogens is 340 g/mol. The van der Waals surface area contributed by atoms with E-state index in [1.807, 2.05) is 30.3 Å². The van der Waals surface area contributed by atoms with Gasteiger partial charge in [-0.1, -0.05) is 0 Å². The number of benzene rings is 1. The molecule has 0 bridgehead atoms. The van der Waals surface area contributed by atoms with Crippen LogP contribution in [0.15, 0.2) is 48.1 Å². The molecule has 1 aromatic carbocycles. The third-order valence-corrected chi connectivity index (χ3v) is 4.32. The SMILES string of the molecule is O=C(NCc1ccncc1)c1csc(Nc2ccc3c(c2)OCO3)n1. The summed E-state index contributed by atoms with van der Waals surface area (Å²) in [4.78, 5) is 20.5. The van der Waals surface area contributed by atoms with Crippen molar-refractivity contribution in [2.24, 2.45) is 0 Å². The third kappa shape index (κ3) is 3.53. The first-order valence-electron chi connectivity index (χ1n) is 7.57. The summed E-state index contributed by atoms with van der Waals surface area (Å²) in [7, 11) is 0. The fraction of sp³-hybridized carbons (Fsp3) is 0.118. The highest BCUT2D eigenvalue weighted by Crippen LogP contribution is 2.35. The van der Waals surface area contributed by atoms with Gasteiger partial charge in [0.25, 0.3) is 5.91 Å². The maximum Gasteiger partial charge on any atom is 0.271 e. The van der Waals surface area contributed by atoms with E-state index in [1.54, 1.807) is 17.8 Å². The van der Waals surface area contributed by atoms with E-state index in [9.17, 15) is 4.79 Å². The molecule has 7 nitrogen and oxygen atoms in total. The van der Waals surface area contributed by atoms with Crippen molar-refractivity contribution in [1.82, 2.24) is 15.3 Å². The van der Waals surface area contributed by atoms with Crippen LogP contribution in [0.3, 0.4) is 0 Å². The molecule has 0 aliphatic carbocycles. The van der Waals surface area contributed by atoms with Gasteiger partial charge in [-0.3, -0.25) is 9.78 Å². The third-order valence-electron chi connectivity index (χ3n) is 3.56. The summed E-state index contributed by atoms with van der Waals surface area (Å²) in [5.74, 6) is 1.20. The average molecular weight is 354 g/mol. The molecule has 0 atom stereocenters. The van der Waals surface area contributed by atoms with Gasteiger partial charge in [-0.05, 0) is 29.8 Å². The van der Waals surface area contributed by atoms with Crippen LogP contribution in [0.1, 0.15) is 16.1 Å². The lowest BCUT2D eigenvalue weighted by Gasteiger charge is -2.04. The van der Waals surface area contributed by atoms with Crippen molar-refractivity contribution in [3.63, 3.8) is 0 Å². The lowest BCUT2D eigenvalue weighted by atomic mass is 10.2. The van der Waals surface area contributed by atoms with Crippen molar-refractivity contribution in [3.8, 4) is 11.5 Å². The zero-order valence-electron chi connectivity index (χ0n) is 13.1. The minimum Gasteiger partial charge on any atom is -0.454 e. The summed E-state index contributed by atoms with van der Waals surface area (Å²) in [6.45, 7) is 0.668. The number of fused-ring (bicyclic) bond motifs is 1. The minimum atomic E-state index is -0.216. The van der Waals surface area contributed by atoms with Gasteiger partial charge in [-0.15, -0.1) is 11.3 Å². The molecule has 2 N–H and O–H groups in total. The van der Waals surface area contributed by atoms with Crippen molar-refractivity contribution in [1.29, 1.82) is 0 Å². The number of pyridine rings is 1. The Bertz CT molecular complexity index is 898. The Morgan fingerprint density at radius 3 is 2.88 bits per heavy atom. The van der Waals surface area contributed by atoms with Crippen molar-refractivity contribution in [2.75, 3.05) is 12.1 Å². The molecule has 0 saturated heterocycles. The van der Waals surface area contributed by atoms with E-state index in [0.29, 0.717) is 23.1 Å². The first-order valence-corrected chi connectivity index (χ1v) is 8.45. The van der Waals surface area contributed by atoms with Gasteiger partial charge in [0.1, 0.15) is 5.69 Å². The maximum atomic E-state index is 12.2. The fourth-order valence-corrected chi connectivity index (χ4v) is 3.02. The number of aromatic nitrogens is 2. The lowest BCUT2D eigenvalue weighted by Crippen LogP contribution is -2.23. The Labute approximate surface area is 147 Å². The predicted molar refractivity (Wildman–Crippen MR) is 93.4 cm³/mol. The first kappa shape index (κ1) is 15.4. The van der Waals surface area contributed by atoms with E-state index < -0.39 is 0 Å². The minimum absolute atomic E-state index is 0.216. The number of amides is 1. The number of hydrogen-bond donors (Lipinski definition) is 2. The molecular formula is C17H14N4O3S. The van der Waals surface area contributed by atoms with Crippen LogP contribution in [-0.2, 0) is 6.54 Å². The fourth-order valence-electron chi connectivity index (χ4n) is 2.31. The summed E-state index contributed by atoms with van der Waals surface area (Å²) in [5.41, 5.74) is 2.18. The second-order valence-electron chi connectivity index (χ2n) is 5.27. The van der Waals surface area contributed by atoms with Gasteiger partial charge in [0.2, 0.25) is 6.79 Å². The number of ether oxygens (including phenoxy) is 2. The van der Waals surface area contributed by atoms with E-state index in [0.717, 1.165) is 17.0 Å². The van der Waals surface area contributed by atoms with E-state index in [4.69, 9.17) is 9.47 Å². The topological polar surface area (TPSA) is 85.4 Å². The van der Waals surface area contributed by atoms with Crippen LogP contribution in [0.5, 0.6) is 11.5 Å². The summed E-state index contributed by atoms with van der Waals surface area (Å²) < 4.78 is 10.6. The Morgan fingerprint density at radius 2 is 2.00 bits per heavy atom. The average Bonchev–Trinajstić information content (AvgIpc) is 3.29. The monoisotopic (exact) mass is 354 g/mol. The van der Waals surface area contributed by atoms with Crippen LogP contribution in [0.2, 0.25) is 0 Å². The molecule has 2 aromatic heterocycles. The summed E-state index contributed by atoms with van der Waals surface area (Å²) in [6.07, 6.45) is 3.38. The van der Waals surface area contributed by atoms with Crippen molar-refractivity contribution in [3.05, 3.63) is 59.4 Å². The van der Waals surface area contributed by atoms with Gasteiger partial charge in [-0.2, -0.15) is 0 Å².